The second-order valence-electron chi connectivity index (χ2n) is 4.62. The largest absolute Gasteiger partial charge is 0.454 e. The third kappa shape index (κ3) is 3.45. The number of hydrogen-bond acceptors (Lipinski definition) is 4. The van der Waals surface area contributed by atoms with Gasteiger partial charge in [-0.2, -0.15) is 0 Å². The Labute approximate surface area is 131 Å². The summed E-state index contributed by atoms with van der Waals surface area (Å²) < 4.78 is 20.7. The summed E-state index contributed by atoms with van der Waals surface area (Å²) in [6, 6.07) is 11.8. The number of para-hydroxylation sites is 2. The molecule has 0 fully saturated rings. The number of ether oxygens (including phenoxy) is 4. The van der Waals surface area contributed by atoms with E-state index in [0.29, 0.717) is 13.6 Å². The molecule has 0 radical (unpaired) electrons. The summed E-state index contributed by atoms with van der Waals surface area (Å²) in [6.07, 6.45) is 0. The van der Waals surface area contributed by atoms with Crippen LogP contribution < -0.4 is 18.9 Å². The molecule has 0 spiro atoms. The van der Waals surface area contributed by atoms with Crippen LogP contribution in [0.1, 0.15) is 25.0 Å². The lowest BCUT2D eigenvalue weighted by atomic mass is 10.2. The third-order valence-electron chi connectivity index (χ3n) is 3.19. The van der Waals surface area contributed by atoms with Crippen LogP contribution in [0, 0.1) is 13.8 Å². The summed E-state index contributed by atoms with van der Waals surface area (Å²) in [4.78, 5) is 0. The maximum Gasteiger partial charge on any atom is 0.231 e. The van der Waals surface area contributed by atoms with Gasteiger partial charge in [0.1, 0.15) is 0 Å². The van der Waals surface area contributed by atoms with Crippen molar-refractivity contribution in [2.75, 3.05) is 13.6 Å². The zero-order chi connectivity index (χ0) is 15.9. The lowest BCUT2D eigenvalue weighted by Crippen LogP contribution is -1.93. The van der Waals surface area contributed by atoms with Crippen molar-refractivity contribution < 1.29 is 18.9 Å². The van der Waals surface area contributed by atoms with Gasteiger partial charge in [0.15, 0.2) is 23.0 Å². The van der Waals surface area contributed by atoms with Gasteiger partial charge in [-0.25, -0.2) is 0 Å². The summed E-state index contributed by atoms with van der Waals surface area (Å²) in [5.41, 5.74) is 2.27. The van der Waals surface area contributed by atoms with Gasteiger partial charge in [0, 0.05) is 0 Å². The van der Waals surface area contributed by atoms with Gasteiger partial charge in [-0.1, -0.05) is 38.1 Å². The molecule has 2 aromatic carbocycles. The molecule has 2 heterocycles. The number of aryl methyl sites for hydroxylation is 2. The smallest absolute Gasteiger partial charge is 0.231 e. The minimum Gasteiger partial charge on any atom is -0.454 e. The minimum atomic E-state index is 0.361. The molecule has 4 nitrogen and oxygen atoms in total. The van der Waals surface area contributed by atoms with Crippen LogP contribution in [0.25, 0.3) is 0 Å². The molecule has 0 N–H and O–H groups in total. The van der Waals surface area contributed by atoms with E-state index in [4.69, 9.17) is 18.9 Å². The van der Waals surface area contributed by atoms with Crippen LogP contribution in [0.2, 0.25) is 0 Å². The Morgan fingerprint density at radius 3 is 1.41 bits per heavy atom. The van der Waals surface area contributed by atoms with Crippen LogP contribution in [0.4, 0.5) is 0 Å². The summed E-state index contributed by atoms with van der Waals surface area (Å²) in [6.45, 7) is 8.74. The van der Waals surface area contributed by atoms with Gasteiger partial charge < -0.3 is 18.9 Å². The lowest BCUT2D eigenvalue weighted by molar-refractivity contribution is 0.173. The molecule has 2 aliphatic rings. The van der Waals surface area contributed by atoms with Crippen molar-refractivity contribution in [2.45, 2.75) is 27.7 Å². The molecule has 0 bridgehead atoms. The monoisotopic (exact) mass is 302 g/mol. The third-order valence-corrected chi connectivity index (χ3v) is 3.19. The molecule has 2 aromatic rings. The number of hydrogen-bond donors (Lipinski definition) is 0. The fraction of sp³-hybridized carbons (Fsp3) is 0.333. The van der Waals surface area contributed by atoms with E-state index in [9.17, 15) is 0 Å². The minimum absolute atomic E-state index is 0.361. The van der Waals surface area contributed by atoms with E-state index in [1.54, 1.807) is 0 Å². The van der Waals surface area contributed by atoms with Crippen LogP contribution in [0.15, 0.2) is 36.4 Å². The van der Waals surface area contributed by atoms with E-state index in [1.807, 2.05) is 64.1 Å². The Hall–Kier alpha value is -2.36. The molecule has 4 heteroatoms. The first-order valence-corrected chi connectivity index (χ1v) is 7.46. The maximum absolute atomic E-state index is 5.21. The van der Waals surface area contributed by atoms with Gasteiger partial charge in [-0.3, -0.25) is 0 Å². The first-order valence-electron chi connectivity index (χ1n) is 7.46. The topological polar surface area (TPSA) is 36.9 Å². The van der Waals surface area contributed by atoms with Crippen molar-refractivity contribution in [2.24, 2.45) is 0 Å². The van der Waals surface area contributed by atoms with Crippen molar-refractivity contribution >= 4 is 0 Å². The van der Waals surface area contributed by atoms with Gasteiger partial charge >= 0.3 is 0 Å². The summed E-state index contributed by atoms with van der Waals surface area (Å²) in [5.74, 6) is 3.50. The zero-order valence-corrected chi connectivity index (χ0v) is 13.5. The maximum atomic E-state index is 5.21. The number of rotatable bonds is 0. The van der Waals surface area contributed by atoms with Crippen molar-refractivity contribution in [3.05, 3.63) is 47.5 Å². The molecule has 22 heavy (non-hydrogen) atoms. The quantitative estimate of drug-likeness (QED) is 0.719. The molecule has 118 valence electrons. The number of fused-ring (bicyclic) bond motifs is 2. The average Bonchev–Trinajstić information content (AvgIpc) is 3.20. The molecule has 0 saturated heterocycles. The van der Waals surface area contributed by atoms with Crippen molar-refractivity contribution in [1.29, 1.82) is 0 Å². The summed E-state index contributed by atoms with van der Waals surface area (Å²) in [5, 5.41) is 0. The van der Waals surface area contributed by atoms with Gasteiger partial charge in [-0.15, -0.1) is 0 Å². The second kappa shape index (κ2) is 7.59. The van der Waals surface area contributed by atoms with Gasteiger partial charge in [0.2, 0.25) is 13.6 Å². The van der Waals surface area contributed by atoms with Crippen LogP contribution >= 0.6 is 0 Å². The SMILES string of the molecule is CC.Cc1cccc2c1OCO2.Cc1cccc2c1OCO2. The highest BCUT2D eigenvalue weighted by Crippen LogP contribution is 2.35. The predicted octanol–water partition coefficient (Wildman–Crippen LogP) is 4.47. The Morgan fingerprint density at radius 1 is 0.636 bits per heavy atom. The van der Waals surface area contributed by atoms with Crippen LogP contribution in [-0.4, -0.2) is 13.6 Å². The van der Waals surface area contributed by atoms with Crippen LogP contribution in [-0.2, 0) is 0 Å². The fourth-order valence-electron chi connectivity index (χ4n) is 2.15. The fourth-order valence-corrected chi connectivity index (χ4v) is 2.15. The molecule has 4 rings (SSSR count). The van der Waals surface area contributed by atoms with Crippen molar-refractivity contribution in [1.82, 2.24) is 0 Å². The van der Waals surface area contributed by atoms with E-state index in [2.05, 4.69) is 0 Å². The van der Waals surface area contributed by atoms with E-state index in [-0.39, 0.29) is 0 Å². The van der Waals surface area contributed by atoms with Crippen LogP contribution in [0.5, 0.6) is 23.0 Å². The van der Waals surface area contributed by atoms with Crippen molar-refractivity contribution in [3.63, 3.8) is 0 Å². The molecular weight excluding hydrogens is 280 g/mol. The highest BCUT2D eigenvalue weighted by molar-refractivity contribution is 5.47. The normalized spacial score (nSPS) is 12.7. The lowest BCUT2D eigenvalue weighted by Gasteiger charge is -1.96. The van der Waals surface area contributed by atoms with E-state index in [0.717, 1.165) is 34.1 Å². The Morgan fingerprint density at radius 2 is 1.05 bits per heavy atom. The highest BCUT2D eigenvalue weighted by Gasteiger charge is 2.14. The van der Waals surface area contributed by atoms with Gasteiger partial charge in [-0.05, 0) is 37.1 Å². The first kappa shape index (κ1) is 16.0. The van der Waals surface area contributed by atoms with Gasteiger partial charge in [0.25, 0.3) is 0 Å². The average molecular weight is 302 g/mol. The molecular formula is C18H22O4. The Kier molecular flexibility index (Phi) is 5.53. The predicted molar refractivity (Wildman–Crippen MR) is 86.0 cm³/mol. The molecule has 2 aliphatic heterocycles. The van der Waals surface area contributed by atoms with E-state index >= 15 is 0 Å². The molecule has 0 aliphatic carbocycles. The second-order valence-corrected chi connectivity index (χ2v) is 4.62. The Bertz CT molecular complexity index is 567. The van der Waals surface area contributed by atoms with Crippen LogP contribution in [0.3, 0.4) is 0 Å². The molecule has 0 unspecified atom stereocenters. The van der Waals surface area contributed by atoms with E-state index < -0.39 is 0 Å². The zero-order valence-electron chi connectivity index (χ0n) is 13.5. The first-order chi connectivity index (χ1) is 10.8. The number of benzene rings is 2. The summed E-state index contributed by atoms with van der Waals surface area (Å²) >= 11 is 0. The highest BCUT2D eigenvalue weighted by atomic mass is 16.7. The molecule has 0 amide bonds. The van der Waals surface area contributed by atoms with Gasteiger partial charge in [0.05, 0.1) is 0 Å². The molecule has 0 atom stereocenters. The van der Waals surface area contributed by atoms with E-state index in [1.165, 1.54) is 0 Å². The molecule has 0 saturated carbocycles. The standard InChI is InChI=1S/2C8H8O2.C2H6/c2*1-6-3-2-4-7-8(6)10-5-9-7;1-2/h2*2-4H,5H2,1H3;1-2H3. The Balaban J connectivity index is 0.000000144. The molecule has 0 aromatic heterocycles. The van der Waals surface area contributed by atoms with Crippen molar-refractivity contribution in [3.8, 4) is 23.0 Å². The summed E-state index contributed by atoms with van der Waals surface area (Å²) in [7, 11) is 0.